The Balaban J connectivity index is 2.08. The Morgan fingerprint density at radius 2 is 2.31 bits per heavy atom. The van der Waals surface area contributed by atoms with E-state index in [1.807, 2.05) is 28.9 Å². The SMILES string of the molecule is CC(O)CNCc1cn2cc(Cl)ccc2n1. The van der Waals surface area contributed by atoms with Crippen LogP contribution in [0.4, 0.5) is 0 Å². The fourth-order valence-electron chi connectivity index (χ4n) is 1.51. The molecule has 0 amide bonds. The van der Waals surface area contributed by atoms with Crippen molar-refractivity contribution in [2.24, 2.45) is 0 Å². The number of nitrogens with zero attached hydrogens (tertiary/aromatic N) is 2. The number of imidazole rings is 1. The van der Waals surface area contributed by atoms with Crippen molar-refractivity contribution < 1.29 is 5.11 Å². The third-order valence-corrected chi connectivity index (χ3v) is 2.43. The predicted octanol–water partition coefficient (Wildman–Crippen LogP) is 1.46. The van der Waals surface area contributed by atoms with Crippen LogP contribution in [0.3, 0.4) is 0 Å². The highest BCUT2D eigenvalue weighted by Crippen LogP contribution is 2.11. The van der Waals surface area contributed by atoms with Crippen LogP contribution in [-0.4, -0.2) is 27.1 Å². The van der Waals surface area contributed by atoms with Gasteiger partial charge in [-0.1, -0.05) is 11.6 Å². The molecular formula is C11H14ClN3O. The maximum Gasteiger partial charge on any atom is 0.137 e. The number of pyridine rings is 1. The van der Waals surface area contributed by atoms with E-state index < -0.39 is 0 Å². The Morgan fingerprint density at radius 3 is 3.06 bits per heavy atom. The van der Waals surface area contributed by atoms with E-state index in [9.17, 15) is 0 Å². The van der Waals surface area contributed by atoms with Crippen LogP contribution < -0.4 is 5.32 Å². The Hall–Kier alpha value is -1.10. The fraction of sp³-hybridized carbons (Fsp3) is 0.364. The molecule has 0 aliphatic carbocycles. The minimum absolute atomic E-state index is 0.341. The zero-order valence-corrected chi connectivity index (χ0v) is 9.78. The Bertz CT molecular complexity index is 481. The van der Waals surface area contributed by atoms with E-state index >= 15 is 0 Å². The summed E-state index contributed by atoms with van der Waals surface area (Å²) in [6, 6.07) is 3.69. The average molecular weight is 240 g/mol. The van der Waals surface area contributed by atoms with Crippen LogP contribution in [0.1, 0.15) is 12.6 Å². The molecule has 2 N–H and O–H groups in total. The molecule has 0 saturated heterocycles. The van der Waals surface area contributed by atoms with E-state index in [0.29, 0.717) is 18.1 Å². The number of halogens is 1. The molecule has 2 aromatic heterocycles. The van der Waals surface area contributed by atoms with Crippen LogP contribution in [0.25, 0.3) is 5.65 Å². The van der Waals surface area contributed by atoms with E-state index in [4.69, 9.17) is 16.7 Å². The maximum atomic E-state index is 9.10. The van der Waals surface area contributed by atoms with Gasteiger partial charge in [0.05, 0.1) is 16.8 Å². The van der Waals surface area contributed by atoms with Crippen LogP contribution >= 0.6 is 11.6 Å². The predicted molar refractivity (Wildman–Crippen MR) is 63.6 cm³/mol. The van der Waals surface area contributed by atoms with Crippen molar-refractivity contribution in [1.29, 1.82) is 0 Å². The molecule has 0 fully saturated rings. The zero-order chi connectivity index (χ0) is 11.5. The van der Waals surface area contributed by atoms with Crippen molar-refractivity contribution in [3.05, 3.63) is 35.2 Å². The standard InChI is InChI=1S/C11H14ClN3O/c1-8(16)4-13-5-10-7-15-6-9(12)2-3-11(15)14-10/h2-3,6-8,13,16H,4-5H2,1H3. The van der Waals surface area contributed by atoms with Crippen LogP contribution in [-0.2, 0) is 6.54 Å². The van der Waals surface area contributed by atoms with Gasteiger partial charge in [0.1, 0.15) is 5.65 Å². The highest BCUT2D eigenvalue weighted by Gasteiger charge is 2.02. The Morgan fingerprint density at radius 1 is 1.50 bits per heavy atom. The summed E-state index contributed by atoms with van der Waals surface area (Å²) < 4.78 is 1.89. The minimum Gasteiger partial charge on any atom is -0.392 e. The average Bonchev–Trinajstić information content (AvgIpc) is 2.58. The smallest absolute Gasteiger partial charge is 0.137 e. The number of aliphatic hydroxyl groups is 1. The van der Waals surface area contributed by atoms with Gasteiger partial charge in [0, 0.05) is 25.5 Å². The van der Waals surface area contributed by atoms with Gasteiger partial charge in [0.2, 0.25) is 0 Å². The number of nitrogens with one attached hydrogen (secondary N) is 1. The molecule has 2 rings (SSSR count). The molecule has 0 aliphatic rings. The summed E-state index contributed by atoms with van der Waals surface area (Å²) in [7, 11) is 0. The monoisotopic (exact) mass is 239 g/mol. The Labute approximate surface area is 98.9 Å². The van der Waals surface area contributed by atoms with E-state index in [1.165, 1.54) is 0 Å². The summed E-state index contributed by atoms with van der Waals surface area (Å²) in [6.07, 6.45) is 3.41. The zero-order valence-electron chi connectivity index (χ0n) is 9.02. The summed E-state index contributed by atoms with van der Waals surface area (Å²) >= 11 is 5.88. The highest BCUT2D eigenvalue weighted by molar-refractivity contribution is 6.30. The lowest BCUT2D eigenvalue weighted by atomic mass is 10.4. The first-order chi connectivity index (χ1) is 7.65. The second kappa shape index (κ2) is 4.82. The van der Waals surface area contributed by atoms with Crippen LogP contribution in [0.15, 0.2) is 24.5 Å². The molecular weight excluding hydrogens is 226 g/mol. The lowest BCUT2D eigenvalue weighted by Gasteiger charge is -2.03. The van der Waals surface area contributed by atoms with Gasteiger partial charge in [-0.25, -0.2) is 4.98 Å². The molecule has 16 heavy (non-hydrogen) atoms. The molecule has 2 heterocycles. The molecule has 86 valence electrons. The van der Waals surface area contributed by atoms with E-state index in [1.54, 1.807) is 6.92 Å². The number of fused-ring (bicyclic) bond motifs is 1. The third kappa shape index (κ3) is 2.72. The second-order valence-electron chi connectivity index (χ2n) is 3.82. The van der Waals surface area contributed by atoms with Gasteiger partial charge in [-0.2, -0.15) is 0 Å². The molecule has 1 unspecified atom stereocenters. The summed E-state index contributed by atoms with van der Waals surface area (Å²) in [5, 5.41) is 12.9. The summed E-state index contributed by atoms with van der Waals surface area (Å²) in [6.45, 7) is 2.95. The molecule has 0 aliphatic heterocycles. The molecule has 0 spiro atoms. The first kappa shape index (κ1) is 11.4. The third-order valence-electron chi connectivity index (χ3n) is 2.21. The number of hydrogen-bond donors (Lipinski definition) is 2. The maximum absolute atomic E-state index is 9.10. The highest BCUT2D eigenvalue weighted by atomic mass is 35.5. The number of hydrogen-bond acceptors (Lipinski definition) is 3. The van der Waals surface area contributed by atoms with Gasteiger partial charge in [-0.3, -0.25) is 0 Å². The van der Waals surface area contributed by atoms with Gasteiger partial charge < -0.3 is 14.8 Å². The van der Waals surface area contributed by atoms with Crippen LogP contribution in [0.2, 0.25) is 5.02 Å². The molecule has 5 heteroatoms. The van der Waals surface area contributed by atoms with Crippen molar-refractivity contribution >= 4 is 17.2 Å². The molecule has 2 aromatic rings. The lowest BCUT2D eigenvalue weighted by molar-refractivity contribution is 0.191. The van der Waals surface area contributed by atoms with Crippen molar-refractivity contribution in [2.45, 2.75) is 19.6 Å². The van der Waals surface area contributed by atoms with Gasteiger partial charge in [0.25, 0.3) is 0 Å². The second-order valence-corrected chi connectivity index (χ2v) is 4.26. The molecule has 1 atom stereocenters. The topological polar surface area (TPSA) is 49.6 Å². The fourth-order valence-corrected chi connectivity index (χ4v) is 1.68. The first-order valence-electron chi connectivity index (χ1n) is 5.17. The van der Waals surface area contributed by atoms with E-state index in [-0.39, 0.29) is 6.10 Å². The number of aromatic nitrogens is 2. The normalized spacial score (nSPS) is 13.2. The molecule has 0 aromatic carbocycles. The largest absolute Gasteiger partial charge is 0.392 e. The summed E-state index contributed by atoms with van der Waals surface area (Å²) in [5.41, 5.74) is 1.81. The summed E-state index contributed by atoms with van der Waals surface area (Å²) in [5.74, 6) is 0. The van der Waals surface area contributed by atoms with Gasteiger partial charge in [-0.05, 0) is 19.1 Å². The van der Waals surface area contributed by atoms with Crippen molar-refractivity contribution in [2.75, 3.05) is 6.54 Å². The van der Waals surface area contributed by atoms with Gasteiger partial charge in [0.15, 0.2) is 0 Å². The minimum atomic E-state index is -0.341. The van der Waals surface area contributed by atoms with Crippen LogP contribution in [0, 0.1) is 0 Å². The van der Waals surface area contributed by atoms with Gasteiger partial charge >= 0.3 is 0 Å². The molecule has 4 nitrogen and oxygen atoms in total. The Kier molecular flexibility index (Phi) is 3.43. The quantitative estimate of drug-likeness (QED) is 0.849. The van der Waals surface area contributed by atoms with Crippen LogP contribution in [0.5, 0.6) is 0 Å². The first-order valence-corrected chi connectivity index (χ1v) is 5.55. The summed E-state index contributed by atoms with van der Waals surface area (Å²) in [4.78, 5) is 4.41. The van der Waals surface area contributed by atoms with Crippen molar-refractivity contribution in [3.63, 3.8) is 0 Å². The van der Waals surface area contributed by atoms with Crippen molar-refractivity contribution in [1.82, 2.24) is 14.7 Å². The number of aliphatic hydroxyl groups excluding tert-OH is 1. The van der Waals surface area contributed by atoms with E-state index in [0.717, 1.165) is 11.3 Å². The van der Waals surface area contributed by atoms with E-state index in [2.05, 4.69) is 10.3 Å². The molecule has 0 bridgehead atoms. The number of rotatable bonds is 4. The van der Waals surface area contributed by atoms with Gasteiger partial charge in [-0.15, -0.1) is 0 Å². The molecule has 0 saturated carbocycles. The molecule has 0 radical (unpaired) electrons. The van der Waals surface area contributed by atoms with Crippen molar-refractivity contribution in [3.8, 4) is 0 Å². The lowest BCUT2D eigenvalue weighted by Crippen LogP contribution is -2.23.